The molecule has 2 fully saturated rings. The number of rotatable bonds is 19. The molecule has 2 rings (SSSR count). The lowest BCUT2D eigenvalue weighted by atomic mass is 10.5. The van der Waals surface area contributed by atoms with Gasteiger partial charge in [0, 0.05) is 25.3 Å². The highest BCUT2D eigenvalue weighted by molar-refractivity contribution is 6.82. The summed E-state index contributed by atoms with van der Waals surface area (Å²) in [7, 11) is -12.7. The Morgan fingerprint density at radius 1 is 0.656 bits per heavy atom. The molecule has 0 aliphatic carbocycles. The van der Waals surface area contributed by atoms with Crippen LogP contribution in [-0.2, 0) is 27.2 Å². The molecule has 0 radical (unpaired) electrons. The minimum Gasteiger partial charge on any atom is -0.416 e. The Morgan fingerprint density at radius 2 is 1.00 bits per heavy atom. The third-order valence-electron chi connectivity index (χ3n) is 5.20. The summed E-state index contributed by atoms with van der Waals surface area (Å²) in [4.78, 5) is 41.7. The van der Waals surface area contributed by atoms with Gasteiger partial charge in [-0.2, -0.15) is 0 Å². The van der Waals surface area contributed by atoms with Crippen molar-refractivity contribution in [1.82, 2.24) is 0 Å². The summed E-state index contributed by atoms with van der Waals surface area (Å²) >= 11 is 0. The largest absolute Gasteiger partial charge is 0.484 e. The van der Waals surface area contributed by atoms with Crippen molar-refractivity contribution in [2.45, 2.75) is 75.4 Å². The molecule has 0 aromatic heterocycles. The first-order valence-corrected chi connectivity index (χ1v) is 21.7. The first-order chi connectivity index (χ1) is 14.8. The summed E-state index contributed by atoms with van der Waals surface area (Å²) in [5, 5.41) is 0. The van der Waals surface area contributed by atoms with Crippen LogP contribution in [-0.4, -0.2) is 105 Å². The molecule has 2 aliphatic rings. The summed E-state index contributed by atoms with van der Waals surface area (Å²) < 4.78 is 32.7. The van der Waals surface area contributed by atoms with Crippen molar-refractivity contribution in [3.63, 3.8) is 0 Å². The Bertz CT molecular complexity index is 508. The summed E-state index contributed by atoms with van der Waals surface area (Å²) in [5.41, 5.74) is 0. The maximum absolute atomic E-state index is 10.4. The molecule has 0 saturated carbocycles. The zero-order valence-electron chi connectivity index (χ0n) is 19.9. The third kappa shape index (κ3) is 14.0. The van der Waals surface area contributed by atoms with Crippen LogP contribution in [0.4, 0.5) is 0 Å². The summed E-state index contributed by atoms with van der Waals surface area (Å²) in [6.45, 7) is 11.6. The summed E-state index contributed by atoms with van der Waals surface area (Å²) in [6.07, 6.45) is 2.02. The van der Waals surface area contributed by atoms with Crippen LogP contribution in [0.2, 0.25) is 50.4 Å². The molecule has 0 aromatic carbocycles. The topological polar surface area (TPSA) is 143 Å². The second-order valence-electron chi connectivity index (χ2n) is 9.98. The van der Waals surface area contributed by atoms with E-state index in [1.54, 1.807) is 0 Å². The van der Waals surface area contributed by atoms with Crippen molar-refractivity contribution in [2.75, 3.05) is 39.6 Å². The molecule has 14 heteroatoms. The van der Waals surface area contributed by atoms with Gasteiger partial charge in [0.05, 0.1) is 26.4 Å². The lowest BCUT2D eigenvalue weighted by Gasteiger charge is -2.33. The second kappa shape index (κ2) is 12.4. The number of ether oxygens (including phenoxy) is 4. The van der Waals surface area contributed by atoms with E-state index in [-0.39, 0.29) is 24.3 Å². The van der Waals surface area contributed by atoms with Gasteiger partial charge in [-0.1, -0.05) is 0 Å². The van der Waals surface area contributed by atoms with E-state index < -0.39 is 34.2 Å². The van der Waals surface area contributed by atoms with Crippen molar-refractivity contribution >= 4 is 34.2 Å². The normalized spacial score (nSPS) is 21.8. The van der Waals surface area contributed by atoms with Gasteiger partial charge in [0.15, 0.2) is 16.6 Å². The number of epoxide rings is 2. The average Bonchev–Trinajstić information content (AvgIpc) is 3.53. The zero-order chi connectivity index (χ0) is 23.9. The first kappa shape index (κ1) is 28.7. The Morgan fingerprint density at radius 3 is 1.31 bits per heavy atom. The Labute approximate surface area is 195 Å². The predicted octanol–water partition coefficient (Wildman–Crippen LogP) is 0.888. The molecular formula is C18H42O10Si4. The van der Waals surface area contributed by atoms with Gasteiger partial charge in [-0.3, -0.25) is 0 Å². The first-order valence-electron chi connectivity index (χ1n) is 11.5. The lowest BCUT2D eigenvalue weighted by Crippen LogP contribution is -2.53. The highest BCUT2D eigenvalue weighted by Gasteiger charge is 2.46. The van der Waals surface area contributed by atoms with Crippen molar-refractivity contribution < 1.29 is 46.4 Å². The van der Waals surface area contributed by atoms with Crippen LogP contribution in [0.25, 0.3) is 0 Å². The molecule has 0 aromatic rings. The summed E-state index contributed by atoms with van der Waals surface area (Å²) in [6, 6.07) is 1.07. The molecule has 2 saturated heterocycles. The van der Waals surface area contributed by atoms with Crippen LogP contribution in [0.5, 0.6) is 0 Å². The minimum atomic E-state index is -4.02. The van der Waals surface area contributed by atoms with Crippen LogP contribution in [0.1, 0.15) is 12.8 Å². The molecule has 0 bridgehead atoms. The molecule has 2 heterocycles. The van der Waals surface area contributed by atoms with E-state index in [0.717, 1.165) is 38.1 Å². The molecular weight excluding hydrogens is 489 g/mol. The van der Waals surface area contributed by atoms with Crippen molar-refractivity contribution in [2.24, 2.45) is 0 Å². The Hall–Kier alpha value is 0.468. The van der Waals surface area contributed by atoms with Crippen LogP contribution < -0.4 is 0 Å². The molecule has 10 nitrogen and oxygen atoms in total. The smallest absolute Gasteiger partial charge is 0.416 e. The van der Waals surface area contributed by atoms with Gasteiger partial charge in [0.2, 0.25) is 0 Å². The molecule has 2 aliphatic heterocycles. The molecule has 32 heavy (non-hydrogen) atoms. The van der Waals surface area contributed by atoms with Crippen LogP contribution in [0, 0.1) is 0 Å². The molecule has 2 atom stereocenters. The Kier molecular flexibility index (Phi) is 11.2. The van der Waals surface area contributed by atoms with E-state index in [9.17, 15) is 19.2 Å². The van der Waals surface area contributed by atoms with Gasteiger partial charge in [-0.05, 0) is 51.1 Å². The Balaban J connectivity index is 1.63. The fourth-order valence-corrected chi connectivity index (χ4v) is 16.7. The van der Waals surface area contributed by atoms with E-state index in [1.165, 1.54) is 0 Å². The minimum absolute atomic E-state index is 0.187. The molecule has 2 unspecified atom stereocenters. The van der Waals surface area contributed by atoms with Crippen LogP contribution in [0.3, 0.4) is 0 Å². The number of hydrogen-bond donors (Lipinski definition) is 4. The van der Waals surface area contributed by atoms with E-state index >= 15 is 0 Å². The maximum Gasteiger partial charge on any atom is 0.484 e. The summed E-state index contributed by atoms with van der Waals surface area (Å²) in [5.74, 6) is 0. The molecule has 190 valence electrons. The van der Waals surface area contributed by atoms with Crippen molar-refractivity contribution in [1.29, 1.82) is 0 Å². The fourth-order valence-electron chi connectivity index (χ4n) is 3.37. The quantitative estimate of drug-likeness (QED) is 0.108. The monoisotopic (exact) mass is 530 g/mol. The molecule has 0 amide bonds. The lowest BCUT2D eigenvalue weighted by molar-refractivity contribution is 0.116. The predicted molar refractivity (Wildman–Crippen MR) is 127 cm³/mol. The average molecular weight is 531 g/mol. The van der Waals surface area contributed by atoms with Gasteiger partial charge in [-0.15, -0.1) is 0 Å². The van der Waals surface area contributed by atoms with Crippen molar-refractivity contribution in [3.05, 3.63) is 0 Å². The zero-order valence-corrected chi connectivity index (χ0v) is 23.9. The van der Waals surface area contributed by atoms with Gasteiger partial charge < -0.3 is 46.4 Å². The standard InChI is InChI=1S/C18H42O10Si4/c1-29(2,9-5-7-23-13-17-15-25-17)27-31(19,20)11-12-32(21,22)28-30(3,4)10-6-8-24-14-18-16-26-18/h17-22H,5-16H2,1-4H3. The van der Waals surface area contributed by atoms with Gasteiger partial charge in [0.25, 0.3) is 0 Å². The highest BCUT2D eigenvalue weighted by atomic mass is 28.5. The van der Waals surface area contributed by atoms with Crippen LogP contribution in [0.15, 0.2) is 0 Å². The van der Waals surface area contributed by atoms with E-state index in [0.29, 0.717) is 26.4 Å². The molecule has 0 spiro atoms. The fraction of sp³-hybridized carbons (Fsp3) is 1.00. The highest BCUT2D eigenvalue weighted by Crippen LogP contribution is 2.25. The van der Waals surface area contributed by atoms with E-state index in [1.807, 2.05) is 26.2 Å². The van der Waals surface area contributed by atoms with E-state index in [4.69, 9.17) is 27.2 Å². The van der Waals surface area contributed by atoms with Crippen molar-refractivity contribution in [3.8, 4) is 0 Å². The van der Waals surface area contributed by atoms with Gasteiger partial charge in [-0.25, -0.2) is 0 Å². The van der Waals surface area contributed by atoms with Crippen LogP contribution >= 0.6 is 0 Å². The third-order valence-corrected chi connectivity index (χ3v) is 17.7. The second-order valence-corrected chi connectivity index (χ2v) is 23.6. The SMILES string of the molecule is C[Si](C)(CCCOCC1CO1)O[Si](O)(O)CC[Si](O)(O)O[Si](C)(C)CCCOCC1CO1. The van der Waals surface area contributed by atoms with Gasteiger partial charge in [0.1, 0.15) is 12.2 Å². The number of hydrogen-bond acceptors (Lipinski definition) is 10. The van der Waals surface area contributed by atoms with E-state index in [2.05, 4.69) is 0 Å². The maximum atomic E-state index is 10.4. The van der Waals surface area contributed by atoms with Gasteiger partial charge >= 0.3 is 17.6 Å². The molecule has 4 N–H and O–H groups in total.